The molecular formula is C11H16FNO2S. The molecule has 1 rings (SSSR count). The van der Waals surface area contributed by atoms with Gasteiger partial charge >= 0.3 is 0 Å². The second-order valence-electron chi connectivity index (χ2n) is 3.78. The van der Waals surface area contributed by atoms with Gasteiger partial charge in [-0.1, -0.05) is 25.1 Å². The van der Waals surface area contributed by atoms with E-state index >= 15 is 0 Å². The van der Waals surface area contributed by atoms with Crippen LogP contribution in [-0.2, 0) is 15.8 Å². The Bertz CT molecular complexity index is 445. The number of halogens is 1. The maximum absolute atomic E-state index is 13.2. The molecule has 5 heteroatoms. The average molecular weight is 245 g/mol. The van der Waals surface area contributed by atoms with Crippen LogP contribution >= 0.6 is 0 Å². The highest BCUT2D eigenvalue weighted by Crippen LogP contribution is 2.10. The van der Waals surface area contributed by atoms with E-state index in [1.807, 2.05) is 6.92 Å². The van der Waals surface area contributed by atoms with Crippen molar-refractivity contribution in [3.63, 3.8) is 0 Å². The van der Waals surface area contributed by atoms with Gasteiger partial charge in [0, 0.05) is 11.6 Å². The monoisotopic (exact) mass is 245 g/mol. The van der Waals surface area contributed by atoms with E-state index in [-0.39, 0.29) is 17.4 Å². The molecule has 0 aliphatic heterocycles. The molecule has 90 valence electrons. The first-order chi connectivity index (χ1) is 7.44. The van der Waals surface area contributed by atoms with Crippen LogP contribution in [0.25, 0.3) is 0 Å². The average Bonchev–Trinajstić information content (AvgIpc) is 2.20. The molecule has 0 aliphatic rings. The second kappa shape index (κ2) is 5.41. The highest BCUT2D eigenvalue weighted by molar-refractivity contribution is 7.88. The minimum Gasteiger partial charge on any atom is -0.212 e. The predicted octanol–water partition coefficient (Wildman–Crippen LogP) is 2.04. The van der Waals surface area contributed by atoms with Crippen molar-refractivity contribution >= 4 is 10.0 Å². The molecule has 0 aliphatic carbocycles. The summed E-state index contributed by atoms with van der Waals surface area (Å²) in [6.07, 6.45) is 0.705. The largest absolute Gasteiger partial charge is 0.216 e. The van der Waals surface area contributed by atoms with E-state index < -0.39 is 15.8 Å². The Morgan fingerprint density at radius 2 is 2.00 bits per heavy atom. The topological polar surface area (TPSA) is 46.2 Å². The molecule has 0 aromatic heterocycles. The molecule has 0 amide bonds. The fourth-order valence-corrected chi connectivity index (χ4v) is 2.76. The van der Waals surface area contributed by atoms with Gasteiger partial charge in [0.15, 0.2) is 0 Å². The standard InChI is InChI=1S/C11H16FNO2S/c1-3-9(2)13-16(14,15)8-10-6-4-5-7-11(10)12/h4-7,9,13H,3,8H2,1-2H3/t9-/m1/s1. The molecule has 0 fully saturated rings. The third kappa shape index (κ3) is 3.90. The van der Waals surface area contributed by atoms with Gasteiger partial charge in [0.05, 0.1) is 5.75 Å². The zero-order chi connectivity index (χ0) is 12.2. The predicted molar refractivity (Wildman–Crippen MR) is 61.9 cm³/mol. The van der Waals surface area contributed by atoms with Crippen LogP contribution < -0.4 is 4.72 Å². The number of nitrogens with one attached hydrogen (secondary N) is 1. The van der Waals surface area contributed by atoms with E-state index in [2.05, 4.69) is 4.72 Å². The van der Waals surface area contributed by atoms with E-state index in [1.165, 1.54) is 18.2 Å². The minimum atomic E-state index is -3.46. The Labute approximate surface area is 95.7 Å². The van der Waals surface area contributed by atoms with Crippen molar-refractivity contribution < 1.29 is 12.8 Å². The van der Waals surface area contributed by atoms with Crippen LogP contribution in [0.1, 0.15) is 25.8 Å². The molecular weight excluding hydrogens is 229 g/mol. The first-order valence-corrected chi connectivity index (χ1v) is 6.83. The second-order valence-corrected chi connectivity index (χ2v) is 5.53. The molecule has 1 aromatic carbocycles. The molecule has 0 saturated carbocycles. The van der Waals surface area contributed by atoms with Crippen LogP contribution in [0.3, 0.4) is 0 Å². The van der Waals surface area contributed by atoms with Gasteiger partial charge in [-0.3, -0.25) is 0 Å². The van der Waals surface area contributed by atoms with Gasteiger partial charge in [-0.25, -0.2) is 17.5 Å². The van der Waals surface area contributed by atoms with Crippen LogP contribution in [0.2, 0.25) is 0 Å². The Hall–Kier alpha value is -0.940. The molecule has 0 bridgehead atoms. The van der Waals surface area contributed by atoms with Crippen LogP contribution in [0.15, 0.2) is 24.3 Å². The molecule has 1 N–H and O–H groups in total. The first-order valence-electron chi connectivity index (χ1n) is 5.18. The summed E-state index contributed by atoms with van der Waals surface area (Å²) in [6, 6.07) is 5.76. The third-order valence-electron chi connectivity index (χ3n) is 2.30. The summed E-state index contributed by atoms with van der Waals surface area (Å²) in [6.45, 7) is 3.66. The summed E-state index contributed by atoms with van der Waals surface area (Å²) in [5.41, 5.74) is 0.193. The summed E-state index contributed by atoms with van der Waals surface area (Å²) in [4.78, 5) is 0. The zero-order valence-corrected chi connectivity index (χ0v) is 10.2. The lowest BCUT2D eigenvalue weighted by atomic mass is 10.2. The van der Waals surface area contributed by atoms with Gasteiger partial charge in [-0.05, 0) is 19.4 Å². The van der Waals surface area contributed by atoms with Crippen molar-refractivity contribution in [3.8, 4) is 0 Å². The maximum Gasteiger partial charge on any atom is 0.216 e. The van der Waals surface area contributed by atoms with Gasteiger partial charge in [0.2, 0.25) is 10.0 Å². The third-order valence-corrected chi connectivity index (χ3v) is 3.75. The summed E-state index contributed by atoms with van der Waals surface area (Å²) in [7, 11) is -3.46. The van der Waals surface area contributed by atoms with Crippen molar-refractivity contribution in [3.05, 3.63) is 35.6 Å². The minimum absolute atomic E-state index is 0.128. The number of rotatable bonds is 5. The lowest BCUT2D eigenvalue weighted by Gasteiger charge is -2.12. The normalized spacial score (nSPS) is 13.7. The SMILES string of the molecule is CC[C@@H](C)NS(=O)(=O)Cc1ccccc1F. The van der Waals surface area contributed by atoms with Gasteiger partial charge in [0.1, 0.15) is 5.82 Å². The van der Waals surface area contributed by atoms with Crippen molar-refractivity contribution in [2.45, 2.75) is 32.1 Å². The molecule has 1 atom stereocenters. The van der Waals surface area contributed by atoms with Crippen LogP contribution in [0.4, 0.5) is 4.39 Å². The number of hydrogen-bond donors (Lipinski definition) is 1. The van der Waals surface area contributed by atoms with Crippen molar-refractivity contribution in [1.29, 1.82) is 0 Å². The number of benzene rings is 1. The lowest BCUT2D eigenvalue weighted by Crippen LogP contribution is -2.33. The molecule has 0 heterocycles. The van der Waals surface area contributed by atoms with Crippen LogP contribution in [0, 0.1) is 5.82 Å². The summed E-state index contributed by atoms with van der Waals surface area (Å²) >= 11 is 0. The molecule has 0 radical (unpaired) electrons. The maximum atomic E-state index is 13.2. The summed E-state index contributed by atoms with van der Waals surface area (Å²) in [5, 5.41) is 0. The van der Waals surface area contributed by atoms with Crippen molar-refractivity contribution in [2.24, 2.45) is 0 Å². The van der Waals surface area contributed by atoms with E-state index in [1.54, 1.807) is 13.0 Å². The smallest absolute Gasteiger partial charge is 0.212 e. The molecule has 0 unspecified atom stereocenters. The molecule has 0 spiro atoms. The fraction of sp³-hybridized carbons (Fsp3) is 0.455. The lowest BCUT2D eigenvalue weighted by molar-refractivity contribution is 0.551. The Balaban J connectivity index is 2.77. The highest BCUT2D eigenvalue weighted by atomic mass is 32.2. The van der Waals surface area contributed by atoms with Crippen molar-refractivity contribution in [1.82, 2.24) is 4.72 Å². The summed E-state index contributed by atoms with van der Waals surface area (Å²) < 4.78 is 39.0. The van der Waals surface area contributed by atoms with Crippen molar-refractivity contribution in [2.75, 3.05) is 0 Å². The van der Waals surface area contributed by atoms with Crippen LogP contribution in [-0.4, -0.2) is 14.5 Å². The fourth-order valence-electron chi connectivity index (χ4n) is 1.25. The van der Waals surface area contributed by atoms with E-state index in [0.717, 1.165) is 0 Å². The Morgan fingerprint density at radius 1 is 1.38 bits per heavy atom. The van der Waals surface area contributed by atoms with E-state index in [4.69, 9.17) is 0 Å². The molecule has 3 nitrogen and oxygen atoms in total. The number of hydrogen-bond acceptors (Lipinski definition) is 2. The summed E-state index contributed by atoms with van der Waals surface area (Å²) in [5.74, 6) is -0.804. The highest BCUT2D eigenvalue weighted by Gasteiger charge is 2.16. The van der Waals surface area contributed by atoms with Crippen LogP contribution in [0.5, 0.6) is 0 Å². The van der Waals surface area contributed by atoms with Gasteiger partial charge in [-0.15, -0.1) is 0 Å². The Kier molecular flexibility index (Phi) is 4.44. The Morgan fingerprint density at radius 3 is 2.56 bits per heavy atom. The molecule has 16 heavy (non-hydrogen) atoms. The first kappa shape index (κ1) is 13.1. The molecule has 0 saturated heterocycles. The van der Waals surface area contributed by atoms with Gasteiger partial charge in [0.25, 0.3) is 0 Å². The quantitative estimate of drug-likeness (QED) is 0.863. The van der Waals surface area contributed by atoms with E-state index in [0.29, 0.717) is 6.42 Å². The van der Waals surface area contributed by atoms with E-state index in [9.17, 15) is 12.8 Å². The molecule has 1 aromatic rings. The van der Waals surface area contributed by atoms with Gasteiger partial charge < -0.3 is 0 Å². The zero-order valence-electron chi connectivity index (χ0n) is 9.40. The van der Waals surface area contributed by atoms with Gasteiger partial charge in [-0.2, -0.15) is 0 Å². The number of sulfonamides is 1.